The second-order valence-electron chi connectivity index (χ2n) is 7.10. The summed E-state index contributed by atoms with van der Waals surface area (Å²) in [5.41, 5.74) is 1.39. The molecular weight excluding hydrogens is 355 g/mol. The van der Waals surface area contributed by atoms with E-state index in [1.165, 1.54) is 24.8 Å². The average molecular weight is 382 g/mol. The van der Waals surface area contributed by atoms with E-state index in [0.29, 0.717) is 17.8 Å². The van der Waals surface area contributed by atoms with Crippen LogP contribution in [0.3, 0.4) is 0 Å². The van der Waals surface area contributed by atoms with Crippen molar-refractivity contribution in [3.05, 3.63) is 64.3 Å². The maximum Gasteiger partial charge on any atom is 0.347 e. The van der Waals surface area contributed by atoms with Crippen LogP contribution in [0.4, 0.5) is 4.39 Å². The van der Waals surface area contributed by atoms with Crippen molar-refractivity contribution >= 4 is 10.8 Å². The van der Waals surface area contributed by atoms with Crippen molar-refractivity contribution in [3.8, 4) is 17.1 Å². The van der Waals surface area contributed by atoms with Gasteiger partial charge in [0.25, 0.3) is 0 Å². The van der Waals surface area contributed by atoms with Gasteiger partial charge in [-0.2, -0.15) is 0 Å². The minimum absolute atomic E-state index is 0.0612. The van der Waals surface area contributed by atoms with E-state index in [9.17, 15) is 9.18 Å². The third-order valence-electron chi connectivity index (χ3n) is 4.90. The highest BCUT2D eigenvalue weighted by Crippen LogP contribution is 2.28. The zero-order valence-electron chi connectivity index (χ0n) is 16.6. The number of halogens is 1. The molecule has 0 saturated carbocycles. The van der Waals surface area contributed by atoms with Crippen molar-refractivity contribution in [3.63, 3.8) is 0 Å². The van der Waals surface area contributed by atoms with Crippen LogP contribution in [0.25, 0.3) is 22.1 Å². The van der Waals surface area contributed by atoms with Gasteiger partial charge in [-0.25, -0.2) is 9.18 Å². The van der Waals surface area contributed by atoms with E-state index in [-0.39, 0.29) is 11.1 Å². The largest absolute Gasteiger partial charge is 0.490 e. The standard InChI is InChI=1S/C24H27FO3/c1-3-5-7-8-17-9-11-18(12-10-17)21-16-19-13-14-20(27-15-6-4-2)23(25)22(19)24(26)28-21/h9-14,16H,3-8,15H2,1-2H3. The van der Waals surface area contributed by atoms with Gasteiger partial charge in [-0.1, -0.05) is 63.4 Å². The molecule has 28 heavy (non-hydrogen) atoms. The van der Waals surface area contributed by atoms with Crippen molar-refractivity contribution < 1.29 is 13.5 Å². The van der Waals surface area contributed by atoms with Crippen LogP contribution in [0.5, 0.6) is 5.75 Å². The Labute approximate surface area is 165 Å². The molecular formula is C24H27FO3. The first-order chi connectivity index (χ1) is 13.6. The fourth-order valence-corrected chi connectivity index (χ4v) is 3.22. The minimum Gasteiger partial charge on any atom is -0.490 e. The summed E-state index contributed by atoms with van der Waals surface area (Å²) in [5, 5.41) is 0.451. The number of hydrogen-bond acceptors (Lipinski definition) is 3. The molecule has 1 heterocycles. The minimum atomic E-state index is -0.682. The van der Waals surface area contributed by atoms with Gasteiger partial charge >= 0.3 is 5.63 Å². The summed E-state index contributed by atoms with van der Waals surface area (Å²) in [6.07, 6.45) is 6.42. The number of fused-ring (bicyclic) bond motifs is 1. The second-order valence-corrected chi connectivity index (χ2v) is 7.10. The molecule has 0 aliphatic rings. The summed E-state index contributed by atoms with van der Waals surface area (Å²) < 4.78 is 25.6. The Balaban J connectivity index is 1.87. The molecule has 0 radical (unpaired) electrons. The molecule has 1 aromatic heterocycles. The monoisotopic (exact) mass is 382 g/mol. The van der Waals surface area contributed by atoms with E-state index in [2.05, 4.69) is 19.1 Å². The number of ether oxygens (including phenoxy) is 1. The molecule has 3 aromatic rings. The van der Waals surface area contributed by atoms with Gasteiger partial charge in [0.1, 0.15) is 11.1 Å². The molecule has 3 rings (SSSR count). The van der Waals surface area contributed by atoms with E-state index < -0.39 is 11.4 Å². The molecule has 0 aliphatic carbocycles. The van der Waals surface area contributed by atoms with Gasteiger partial charge in [-0.15, -0.1) is 0 Å². The summed E-state index contributed by atoms with van der Waals surface area (Å²) in [7, 11) is 0. The highest BCUT2D eigenvalue weighted by atomic mass is 19.1. The van der Waals surface area contributed by atoms with Crippen LogP contribution in [0.1, 0.15) is 51.5 Å². The summed E-state index contributed by atoms with van der Waals surface area (Å²) in [6, 6.07) is 13.0. The van der Waals surface area contributed by atoms with Crippen molar-refractivity contribution in [2.45, 2.75) is 52.4 Å². The van der Waals surface area contributed by atoms with Gasteiger partial charge in [-0.3, -0.25) is 0 Å². The Morgan fingerprint density at radius 1 is 0.964 bits per heavy atom. The highest BCUT2D eigenvalue weighted by molar-refractivity contribution is 5.86. The topological polar surface area (TPSA) is 39.4 Å². The predicted octanol–water partition coefficient (Wildman–Crippen LogP) is 6.51. The number of hydrogen-bond donors (Lipinski definition) is 0. The quantitative estimate of drug-likeness (QED) is 0.396. The average Bonchev–Trinajstić information content (AvgIpc) is 2.70. The molecule has 0 spiro atoms. The molecule has 0 atom stereocenters. The van der Waals surface area contributed by atoms with Crippen LogP contribution in [0, 0.1) is 5.82 Å². The zero-order chi connectivity index (χ0) is 19.9. The maximum atomic E-state index is 14.7. The van der Waals surface area contributed by atoms with Gasteiger partial charge in [0.2, 0.25) is 0 Å². The summed E-state index contributed by atoms with van der Waals surface area (Å²) in [4.78, 5) is 12.5. The molecule has 0 N–H and O–H groups in total. The fraction of sp³-hybridized carbons (Fsp3) is 0.375. The van der Waals surface area contributed by atoms with E-state index >= 15 is 0 Å². The van der Waals surface area contributed by atoms with Gasteiger partial charge in [0, 0.05) is 5.56 Å². The number of benzene rings is 2. The molecule has 0 bridgehead atoms. The van der Waals surface area contributed by atoms with Gasteiger partial charge < -0.3 is 9.15 Å². The third kappa shape index (κ3) is 4.61. The Bertz CT molecular complexity index is 974. The lowest BCUT2D eigenvalue weighted by atomic mass is 10.0. The Morgan fingerprint density at radius 3 is 2.43 bits per heavy atom. The van der Waals surface area contributed by atoms with Crippen LogP contribution in [-0.4, -0.2) is 6.61 Å². The van der Waals surface area contributed by atoms with Crippen LogP contribution in [-0.2, 0) is 6.42 Å². The summed E-state index contributed by atoms with van der Waals surface area (Å²) in [5.74, 6) is -0.116. The summed E-state index contributed by atoms with van der Waals surface area (Å²) >= 11 is 0. The smallest absolute Gasteiger partial charge is 0.347 e. The fourth-order valence-electron chi connectivity index (χ4n) is 3.22. The second kappa shape index (κ2) is 9.54. The van der Waals surface area contributed by atoms with Gasteiger partial charge in [0.15, 0.2) is 11.6 Å². The molecule has 4 heteroatoms. The Kier molecular flexibility index (Phi) is 6.85. The predicted molar refractivity (Wildman–Crippen MR) is 112 cm³/mol. The normalized spacial score (nSPS) is 11.1. The molecule has 3 nitrogen and oxygen atoms in total. The van der Waals surface area contributed by atoms with Crippen LogP contribution in [0.15, 0.2) is 51.7 Å². The molecule has 2 aromatic carbocycles. The highest BCUT2D eigenvalue weighted by Gasteiger charge is 2.15. The van der Waals surface area contributed by atoms with E-state index in [1.54, 1.807) is 18.2 Å². The molecule has 0 fully saturated rings. The molecule has 0 saturated heterocycles. The third-order valence-corrected chi connectivity index (χ3v) is 4.90. The van der Waals surface area contributed by atoms with E-state index in [0.717, 1.165) is 24.8 Å². The molecule has 0 amide bonds. The Morgan fingerprint density at radius 2 is 1.71 bits per heavy atom. The van der Waals surface area contributed by atoms with Gasteiger partial charge in [0.05, 0.1) is 6.61 Å². The zero-order valence-corrected chi connectivity index (χ0v) is 16.6. The van der Waals surface area contributed by atoms with E-state index in [4.69, 9.17) is 9.15 Å². The van der Waals surface area contributed by atoms with Crippen molar-refractivity contribution in [2.75, 3.05) is 6.61 Å². The Hall–Kier alpha value is -2.62. The SMILES string of the molecule is CCCCCc1ccc(-c2cc3ccc(OCCCC)c(F)c3c(=O)o2)cc1. The maximum absolute atomic E-state index is 14.7. The van der Waals surface area contributed by atoms with Crippen molar-refractivity contribution in [1.29, 1.82) is 0 Å². The first-order valence-corrected chi connectivity index (χ1v) is 10.1. The summed E-state index contributed by atoms with van der Waals surface area (Å²) in [6.45, 7) is 4.65. The number of rotatable bonds is 9. The molecule has 0 aliphatic heterocycles. The number of aryl methyl sites for hydroxylation is 1. The lowest BCUT2D eigenvalue weighted by Gasteiger charge is -2.09. The first kappa shape index (κ1) is 20.1. The van der Waals surface area contributed by atoms with E-state index in [1.807, 2.05) is 19.1 Å². The van der Waals surface area contributed by atoms with Crippen LogP contribution >= 0.6 is 0 Å². The first-order valence-electron chi connectivity index (χ1n) is 10.1. The number of unbranched alkanes of at least 4 members (excludes halogenated alkanes) is 3. The molecule has 148 valence electrons. The van der Waals surface area contributed by atoms with Gasteiger partial charge in [-0.05, 0) is 42.3 Å². The van der Waals surface area contributed by atoms with Crippen LogP contribution in [0.2, 0.25) is 0 Å². The lowest BCUT2D eigenvalue weighted by molar-refractivity contribution is 0.295. The molecule has 0 unspecified atom stereocenters. The van der Waals surface area contributed by atoms with Crippen molar-refractivity contribution in [1.82, 2.24) is 0 Å². The van der Waals surface area contributed by atoms with Crippen molar-refractivity contribution in [2.24, 2.45) is 0 Å². The lowest BCUT2D eigenvalue weighted by Crippen LogP contribution is -2.06. The van der Waals surface area contributed by atoms with Crippen LogP contribution < -0.4 is 10.4 Å².